The molecular formula is C16H13Cl2N3O2. The molecule has 0 aliphatic carbocycles. The van der Waals surface area contributed by atoms with Crippen molar-refractivity contribution in [3.05, 3.63) is 52.8 Å². The van der Waals surface area contributed by atoms with E-state index in [-0.39, 0.29) is 11.8 Å². The summed E-state index contributed by atoms with van der Waals surface area (Å²) < 4.78 is 0. The Kier molecular flexibility index (Phi) is 4.50. The van der Waals surface area contributed by atoms with Gasteiger partial charge in [0.2, 0.25) is 11.8 Å². The Balaban J connectivity index is 1.76. The van der Waals surface area contributed by atoms with Crippen molar-refractivity contribution in [1.82, 2.24) is 4.98 Å². The Morgan fingerprint density at radius 1 is 1.22 bits per heavy atom. The van der Waals surface area contributed by atoms with Crippen molar-refractivity contribution in [2.45, 2.75) is 6.42 Å². The van der Waals surface area contributed by atoms with Gasteiger partial charge in [-0.05, 0) is 36.8 Å². The third-order valence-electron chi connectivity index (χ3n) is 3.67. The zero-order valence-corrected chi connectivity index (χ0v) is 13.5. The molecule has 1 N–H and O–H groups in total. The second kappa shape index (κ2) is 6.56. The number of nitrogens with zero attached hydrogens (tertiary/aromatic N) is 2. The van der Waals surface area contributed by atoms with E-state index in [0.717, 1.165) is 0 Å². The maximum Gasteiger partial charge on any atom is 0.239 e. The van der Waals surface area contributed by atoms with Crippen LogP contribution in [0.5, 0.6) is 0 Å². The van der Waals surface area contributed by atoms with Gasteiger partial charge >= 0.3 is 0 Å². The van der Waals surface area contributed by atoms with Crippen molar-refractivity contribution in [2.24, 2.45) is 5.92 Å². The molecule has 1 fully saturated rings. The molecule has 5 nitrogen and oxygen atoms in total. The molecule has 0 spiro atoms. The minimum Gasteiger partial charge on any atom is -0.325 e. The largest absolute Gasteiger partial charge is 0.325 e. The highest BCUT2D eigenvalue weighted by Crippen LogP contribution is 2.33. The van der Waals surface area contributed by atoms with Gasteiger partial charge in [-0.1, -0.05) is 23.2 Å². The summed E-state index contributed by atoms with van der Waals surface area (Å²) in [4.78, 5) is 30.3. The van der Waals surface area contributed by atoms with E-state index in [0.29, 0.717) is 34.4 Å². The maximum absolute atomic E-state index is 12.6. The van der Waals surface area contributed by atoms with Gasteiger partial charge in [-0.3, -0.25) is 14.6 Å². The van der Waals surface area contributed by atoms with Crippen molar-refractivity contribution >= 4 is 46.4 Å². The van der Waals surface area contributed by atoms with Crippen molar-refractivity contribution in [2.75, 3.05) is 16.8 Å². The number of nitrogens with one attached hydrogen (secondary N) is 1. The van der Waals surface area contributed by atoms with E-state index in [2.05, 4.69) is 10.3 Å². The summed E-state index contributed by atoms with van der Waals surface area (Å²) >= 11 is 12.1. The SMILES string of the molecule is O=C(Nc1ccncc1)C1CCN(c2cc(Cl)ccc2Cl)C1=O. The fourth-order valence-corrected chi connectivity index (χ4v) is 2.91. The first kappa shape index (κ1) is 15.8. The number of amides is 2. The average Bonchev–Trinajstić information content (AvgIpc) is 2.92. The van der Waals surface area contributed by atoms with E-state index in [1.54, 1.807) is 42.7 Å². The molecule has 1 aromatic carbocycles. The Labute approximate surface area is 143 Å². The second-order valence-corrected chi connectivity index (χ2v) is 6.00. The first-order valence-electron chi connectivity index (χ1n) is 7.03. The Hall–Kier alpha value is -2.11. The number of anilines is 2. The molecule has 0 bridgehead atoms. The van der Waals surface area contributed by atoms with E-state index in [9.17, 15) is 9.59 Å². The Morgan fingerprint density at radius 3 is 2.70 bits per heavy atom. The average molecular weight is 350 g/mol. The lowest BCUT2D eigenvalue weighted by Crippen LogP contribution is -2.33. The molecule has 3 rings (SSSR count). The molecular weight excluding hydrogens is 337 g/mol. The monoisotopic (exact) mass is 349 g/mol. The van der Waals surface area contributed by atoms with Crippen LogP contribution in [0.2, 0.25) is 10.0 Å². The molecule has 1 unspecified atom stereocenters. The minimum absolute atomic E-state index is 0.277. The van der Waals surface area contributed by atoms with Crippen molar-refractivity contribution in [3.63, 3.8) is 0 Å². The Morgan fingerprint density at radius 2 is 1.96 bits per heavy atom. The summed E-state index contributed by atoms with van der Waals surface area (Å²) in [5.74, 6) is -1.35. The molecule has 1 saturated heterocycles. The van der Waals surface area contributed by atoms with Gasteiger partial charge in [0.25, 0.3) is 0 Å². The summed E-state index contributed by atoms with van der Waals surface area (Å²) in [5, 5.41) is 3.64. The summed E-state index contributed by atoms with van der Waals surface area (Å²) in [5.41, 5.74) is 1.14. The highest BCUT2D eigenvalue weighted by Gasteiger charge is 2.38. The zero-order chi connectivity index (χ0) is 16.4. The van der Waals surface area contributed by atoms with Crippen LogP contribution in [0, 0.1) is 5.92 Å². The lowest BCUT2D eigenvalue weighted by atomic mass is 10.1. The fourth-order valence-electron chi connectivity index (χ4n) is 2.52. The summed E-state index contributed by atoms with van der Waals surface area (Å²) in [7, 11) is 0. The first-order chi connectivity index (χ1) is 11.1. The van der Waals surface area contributed by atoms with Crippen LogP contribution in [0.25, 0.3) is 0 Å². The lowest BCUT2D eigenvalue weighted by molar-refractivity contribution is -0.129. The van der Waals surface area contributed by atoms with Crippen LogP contribution in [0.3, 0.4) is 0 Å². The quantitative estimate of drug-likeness (QED) is 0.864. The number of pyridine rings is 1. The highest BCUT2D eigenvalue weighted by molar-refractivity contribution is 6.36. The first-order valence-corrected chi connectivity index (χ1v) is 7.79. The Bertz CT molecular complexity index is 752. The normalized spacial score (nSPS) is 17.4. The molecule has 1 atom stereocenters. The standard InChI is InChI=1S/C16H13Cl2N3O2/c17-10-1-2-13(18)14(9-10)21-8-5-12(16(21)23)15(22)20-11-3-6-19-7-4-11/h1-4,6-7,9,12H,5,8H2,(H,19,20,22). The molecule has 7 heteroatoms. The van der Waals surface area contributed by atoms with Crippen LogP contribution >= 0.6 is 23.2 Å². The van der Waals surface area contributed by atoms with E-state index < -0.39 is 5.92 Å². The van der Waals surface area contributed by atoms with Crippen LogP contribution in [-0.2, 0) is 9.59 Å². The molecule has 2 amide bonds. The molecule has 2 heterocycles. The smallest absolute Gasteiger partial charge is 0.239 e. The zero-order valence-electron chi connectivity index (χ0n) is 12.0. The lowest BCUT2D eigenvalue weighted by Gasteiger charge is -2.18. The third kappa shape index (κ3) is 3.30. The van der Waals surface area contributed by atoms with E-state index in [1.807, 2.05) is 0 Å². The number of carbonyl (C=O) groups excluding carboxylic acids is 2. The highest BCUT2D eigenvalue weighted by atomic mass is 35.5. The van der Waals surface area contributed by atoms with Gasteiger partial charge in [-0.25, -0.2) is 0 Å². The molecule has 0 saturated carbocycles. The maximum atomic E-state index is 12.6. The van der Waals surface area contributed by atoms with Gasteiger partial charge < -0.3 is 10.2 Å². The van der Waals surface area contributed by atoms with Gasteiger partial charge in [-0.2, -0.15) is 0 Å². The molecule has 1 aromatic heterocycles. The van der Waals surface area contributed by atoms with Crippen LogP contribution < -0.4 is 10.2 Å². The topological polar surface area (TPSA) is 62.3 Å². The fraction of sp³-hybridized carbons (Fsp3) is 0.188. The molecule has 1 aliphatic heterocycles. The van der Waals surface area contributed by atoms with Crippen molar-refractivity contribution < 1.29 is 9.59 Å². The van der Waals surface area contributed by atoms with Gasteiger partial charge in [-0.15, -0.1) is 0 Å². The third-order valence-corrected chi connectivity index (χ3v) is 4.22. The molecule has 0 radical (unpaired) electrons. The number of aromatic nitrogens is 1. The van der Waals surface area contributed by atoms with E-state index in [1.165, 1.54) is 4.90 Å². The predicted octanol–water partition coefficient (Wildman–Crippen LogP) is 3.38. The predicted molar refractivity (Wildman–Crippen MR) is 89.8 cm³/mol. The van der Waals surface area contributed by atoms with Crippen LogP contribution in [-0.4, -0.2) is 23.3 Å². The molecule has 1 aliphatic rings. The molecule has 2 aromatic rings. The van der Waals surface area contributed by atoms with Gasteiger partial charge in [0.15, 0.2) is 0 Å². The number of benzene rings is 1. The summed E-state index contributed by atoms with van der Waals surface area (Å²) in [6, 6.07) is 8.26. The number of hydrogen-bond donors (Lipinski definition) is 1. The summed E-state index contributed by atoms with van der Waals surface area (Å²) in [6.45, 7) is 0.424. The van der Waals surface area contributed by atoms with Crippen LogP contribution in [0.4, 0.5) is 11.4 Å². The second-order valence-electron chi connectivity index (χ2n) is 5.15. The van der Waals surface area contributed by atoms with E-state index >= 15 is 0 Å². The number of halogens is 2. The minimum atomic E-state index is -0.738. The summed E-state index contributed by atoms with van der Waals surface area (Å²) in [6.07, 6.45) is 3.58. The number of hydrogen-bond acceptors (Lipinski definition) is 3. The van der Waals surface area contributed by atoms with Gasteiger partial charge in [0.1, 0.15) is 5.92 Å². The number of carbonyl (C=O) groups is 2. The van der Waals surface area contributed by atoms with Crippen LogP contribution in [0.1, 0.15) is 6.42 Å². The van der Waals surface area contributed by atoms with E-state index in [4.69, 9.17) is 23.2 Å². The van der Waals surface area contributed by atoms with Crippen molar-refractivity contribution in [1.29, 1.82) is 0 Å². The van der Waals surface area contributed by atoms with Crippen molar-refractivity contribution in [3.8, 4) is 0 Å². The molecule has 118 valence electrons. The molecule has 23 heavy (non-hydrogen) atoms. The van der Waals surface area contributed by atoms with Gasteiger partial charge in [0.05, 0.1) is 10.7 Å². The van der Waals surface area contributed by atoms with Gasteiger partial charge in [0, 0.05) is 29.6 Å². The van der Waals surface area contributed by atoms with Crippen LogP contribution in [0.15, 0.2) is 42.7 Å². The number of rotatable bonds is 3.